The van der Waals surface area contributed by atoms with Gasteiger partial charge in [-0.1, -0.05) is 12.1 Å². The molecule has 0 fully saturated rings. The predicted octanol–water partition coefficient (Wildman–Crippen LogP) is 3.27. The van der Waals surface area contributed by atoms with Gasteiger partial charge in [0.1, 0.15) is 12.0 Å². The van der Waals surface area contributed by atoms with Crippen molar-refractivity contribution in [1.82, 2.24) is 9.97 Å². The lowest BCUT2D eigenvalue weighted by molar-refractivity contribution is 0.844. The Kier molecular flexibility index (Phi) is 4.62. The molecule has 0 unspecified atom stereocenters. The molecule has 2 aromatic rings. The van der Waals surface area contributed by atoms with E-state index >= 15 is 0 Å². The molecular weight excluding hydrogens is 262 g/mol. The third-order valence-corrected chi connectivity index (χ3v) is 3.57. The van der Waals surface area contributed by atoms with Gasteiger partial charge in [0.05, 0.1) is 0 Å². The maximum absolute atomic E-state index is 6.24. The van der Waals surface area contributed by atoms with Crippen molar-refractivity contribution >= 4 is 23.0 Å². The van der Waals surface area contributed by atoms with Crippen LogP contribution in [0.3, 0.4) is 0 Å². The highest BCUT2D eigenvalue weighted by atomic mass is 15.2. The molecule has 1 aromatic heterocycles. The number of hydrogen-bond donors (Lipinski definition) is 2. The van der Waals surface area contributed by atoms with E-state index in [0.29, 0.717) is 11.5 Å². The number of nitrogens with zero attached hydrogens (tertiary/aromatic N) is 3. The van der Waals surface area contributed by atoms with Gasteiger partial charge in [-0.25, -0.2) is 9.97 Å². The first-order valence-corrected chi connectivity index (χ1v) is 7.26. The zero-order valence-corrected chi connectivity index (χ0v) is 13.1. The van der Waals surface area contributed by atoms with Crippen molar-refractivity contribution < 1.29 is 0 Å². The zero-order valence-electron chi connectivity index (χ0n) is 13.1. The van der Waals surface area contributed by atoms with E-state index in [0.717, 1.165) is 30.2 Å². The first kappa shape index (κ1) is 15.1. The van der Waals surface area contributed by atoms with Gasteiger partial charge in [0.25, 0.3) is 0 Å². The highest BCUT2D eigenvalue weighted by molar-refractivity contribution is 5.79. The smallest absolute Gasteiger partial charge is 0.159 e. The first-order valence-electron chi connectivity index (χ1n) is 7.26. The Morgan fingerprint density at radius 1 is 1.14 bits per heavy atom. The molecule has 0 saturated carbocycles. The van der Waals surface area contributed by atoms with Gasteiger partial charge in [-0.2, -0.15) is 0 Å². The minimum atomic E-state index is 0.585. The first-order chi connectivity index (χ1) is 10.1. The molecule has 0 aliphatic carbocycles. The number of anilines is 4. The summed E-state index contributed by atoms with van der Waals surface area (Å²) >= 11 is 0. The largest absolute Gasteiger partial charge is 0.393 e. The molecule has 0 saturated heterocycles. The Balaban J connectivity index is 2.37. The fourth-order valence-electron chi connectivity index (χ4n) is 2.26. The molecule has 21 heavy (non-hydrogen) atoms. The third kappa shape index (κ3) is 3.24. The van der Waals surface area contributed by atoms with E-state index in [1.165, 1.54) is 5.56 Å². The van der Waals surface area contributed by atoms with Crippen LogP contribution in [0.2, 0.25) is 0 Å². The number of nitrogens with two attached hydrogens (primary N) is 1. The van der Waals surface area contributed by atoms with Crippen LogP contribution in [0.4, 0.5) is 23.0 Å². The van der Waals surface area contributed by atoms with E-state index in [9.17, 15) is 0 Å². The maximum Gasteiger partial charge on any atom is 0.159 e. The monoisotopic (exact) mass is 285 g/mol. The van der Waals surface area contributed by atoms with Crippen LogP contribution >= 0.6 is 0 Å². The zero-order chi connectivity index (χ0) is 15.4. The number of aryl methyl sites for hydroxylation is 2. The summed E-state index contributed by atoms with van der Waals surface area (Å²) in [6.45, 7) is 10.0. The minimum absolute atomic E-state index is 0.585. The number of rotatable bonds is 5. The Morgan fingerprint density at radius 3 is 2.52 bits per heavy atom. The van der Waals surface area contributed by atoms with E-state index in [4.69, 9.17) is 5.73 Å². The molecule has 2 rings (SSSR count). The van der Waals surface area contributed by atoms with Gasteiger partial charge in [-0.15, -0.1) is 0 Å². The molecule has 0 aliphatic rings. The Morgan fingerprint density at radius 2 is 1.86 bits per heavy atom. The summed E-state index contributed by atoms with van der Waals surface area (Å²) in [7, 11) is 0. The van der Waals surface area contributed by atoms with Crippen molar-refractivity contribution in [3.8, 4) is 0 Å². The number of nitrogen functional groups attached to an aromatic ring is 1. The molecule has 112 valence electrons. The molecule has 0 amide bonds. The molecule has 5 nitrogen and oxygen atoms in total. The quantitative estimate of drug-likeness (QED) is 0.882. The van der Waals surface area contributed by atoms with Crippen molar-refractivity contribution in [3.63, 3.8) is 0 Å². The van der Waals surface area contributed by atoms with Crippen LogP contribution in [-0.2, 0) is 0 Å². The lowest BCUT2D eigenvalue weighted by Gasteiger charge is -2.22. The molecule has 0 spiro atoms. The average molecular weight is 285 g/mol. The van der Waals surface area contributed by atoms with Crippen LogP contribution in [0, 0.1) is 13.8 Å². The standard InChI is InChI=1S/C16H23N5/c1-5-21(6-2)16-14(17)15(18-10-19-16)20-13-9-11(3)7-8-12(13)4/h7-10H,5-6,17H2,1-4H3,(H,18,19,20). The summed E-state index contributed by atoms with van der Waals surface area (Å²) in [5.74, 6) is 1.43. The molecule has 3 N–H and O–H groups in total. The number of nitrogens with one attached hydrogen (secondary N) is 1. The highest BCUT2D eigenvalue weighted by Crippen LogP contribution is 2.29. The Labute approximate surface area is 126 Å². The van der Waals surface area contributed by atoms with Gasteiger partial charge in [-0.05, 0) is 44.9 Å². The van der Waals surface area contributed by atoms with Gasteiger partial charge in [0.2, 0.25) is 0 Å². The van der Waals surface area contributed by atoms with Crippen LogP contribution in [0.25, 0.3) is 0 Å². The summed E-state index contributed by atoms with van der Waals surface area (Å²) in [5, 5.41) is 3.32. The molecule has 1 aromatic carbocycles. The van der Waals surface area contributed by atoms with E-state index < -0.39 is 0 Å². The molecule has 0 radical (unpaired) electrons. The third-order valence-electron chi connectivity index (χ3n) is 3.57. The number of aromatic nitrogens is 2. The fourth-order valence-corrected chi connectivity index (χ4v) is 2.26. The Hall–Kier alpha value is -2.30. The second-order valence-corrected chi connectivity index (χ2v) is 5.08. The topological polar surface area (TPSA) is 67.1 Å². The highest BCUT2D eigenvalue weighted by Gasteiger charge is 2.13. The normalized spacial score (nSPS) is 10.5. The van der Waals surface area contributed by atoms with Crippen molar-refractivity contribution in [1.29, 1.82) is 0 Å². The fraction of sp³-hybridized carbons (Fsp3) is 0.375. The van der Waals surface area contributed by atoms with Crippen LogP contribution in [-0.4, -0.2) is 23.1 Å². The molecule has 5 heteroatoms. The lowest BCUT2D eigenvalue weighted by atomic mass is 10.1. The number of benzene rings is 1. The SMILES string of the molecule is CCN(CC)c1ncnc(Nc2cc(C)ccc2C)c1N. The van der Waals surface area contributed by atoms with Crippen LogP contribution < -0.4 is 16.0 Å². The predicted molar refractivity (Wildman–Crippen MR) is 89.2 cm³/mol. The van der Waals surface area contributed by atoms with Gasteiger partial charge in [-0.3, -0.25) is 0 Å². The summed E-state index contributed by atoms with van der Waals surface area (Å²) in [6.07, 6.45) is 1.55. The second kappa shape index (κ2) is 6.43. The van der Waals surface area contributed by atoms with Crippen molar-refractivity contribution in [2.45, 2.75) is 27.7 Å². The molecule has 1 heterocycles. The van der Waals surface area contributed by atoms with Crippen LogP contribution in [0.5, 0.6) is 0 Å². The van der Waals surface area contributed by atoms with E-state index in [-0.39, 0.29) is 0 Å². The van der Waals surface area contributed by atoms with Gasteiger partial charge < -0.3 is 16.0 Å². The molecular formula is C16H23N5. The molecule has 0 atom stereocenters. The second-order valence-electron chi connectivity index (χ2n) is 5.08. The van der Waals surface area contributed by atoms with E-state index in [1.807, 2.05) is 0 Å². The van der Waals surface area contributed by atoms with Crippen LogP contribution in [0.1, 0.15) is 25.0 Å². The van der Waals surface area contributed by atoms with E-state index in [2.05, 4.69) is 66.1 Å². The van der Waals surface area contributed by atoms with Gasteiger partial charge in [0, 0.05) is 18.8 Å². The summed E-state index contributed by atoms with van der Waals surface area (Å²) in [4.78, 5) is 10.7. The maximum atomic E-state index is 6.24. The average Bonchev–Trinajstić information content (AvgIpc) is 2.47. The van der Waals surface area contributed by atoms with Crippen LogP contribution in [0.15, 0.2) is 24.5 Å². The van der Waals surface area contributed by atoms with Crippen molar-refractivity contribution in [2.75, 3.05) is 29.0 Å². The van der Waals surface area contributed by atoms with Crippen molar-refractivity contribution in [3.05, 3.63) is 35.7 Å². The minimum Gasteiger partial charge on any atom is -0.393 e. The van der Waals surface area contributed by atoms with Gasteiger partial charge in [0.15, 0.2) is 11.6 Å². The summed E-state index contributed by atoms with van der Waals surface area (Å²) in [5.41, 5.74) is 10.2. The summed E-state index contributed by atoms with van der Waals surface area (Å²) < 4.78 is 0. The molecule has 0 bridgehead atoms. The number of hydrogen-bond acceptors (Lipinski definition) is 5. The van der Waals surface area contributed by atoms with Crippen molar-refractivity contribution in [2.24, 2.45) is 0 Å². The molecule has 0 aliphatic heterocycles. The summed E-state index contributed by atoms with van der Waals surface area (Å²) in [6, 6.07) is 6.26. The Bertz CT molecular complexity index is 620. The van der Waals surface area contributed by atoms with E-state index in [1.54, 1.807) is 6.33 Å². The lowest BCUT2D eigenvalue weighted by Crippen LogP contribution is -2.24. The van der Waals surface area contributed by atoms with Gasteiger partial charge >= 0.3 is 0 Å².